The molecule has 0 bridgehead atoms. The second kappa shape index (κ2) is 5.77. The van der Waals surface area contributed by atoms with E-state index in [1.165, 1.54) is 17.7 Å². The van der Waals surface area contributed by atoms with E-state index in [0.29, 0.717) is 5.13 Å². The molecule has 1 aliphatic heterocycles. The summed E-state index contributed by atoms with van der Waals surface area (Å²) in [5, 5.41) is 6.39. The highest BCUT2D eigenvalue weighted by Gasteiger charge is 2.31. The maximum Gasteiger partial charge on any atom is 0.234 e. The van der Waals surface area contributed by atoms with Crippen molar-refractivity contribution in [2.45, 2.75) is 38.0 Å². The summed E-state index contributed by atoms with van der Waals surface area (Å²) in [6, 6.07) is 7.47. The lowest BCUT2D eigenvalue weighted by molar-refractivity contribution is -0.123. The summed E-state index contributed by atoms with van der Waals surface area (Å²) < 4.78 is 0. The molecule has 1 aromatic heterocycles. The fourth-order valence-electron chi connectivity index (χ4n) is 3.24. The van der Waals surface area contributed by atoms with E-state index < -0.39 is 5.92 Å². The van der Waals surface area contributed by atoms with Crippen LogP contribution in [-0.2, 0) is 22.4 Å². The topological polar surface area (TPSA) is 71.1 Å². The SMILES string of the molecule is O=C1C[C@H](C(=O)Nc2nc3c(s2)CCCC3)c2ccccc2N1. The number of nitrogens with one attached hydrogen (secondary N) is 2. The van der Waals surface area contributed by atoms with Gasteiger partial charge in [0.25, 0.3) is 0 Å². The van der Waals surface area contributed by atoms with Crippen molar-refractivity contribution in [3.05, 3.63) is 40.4 Å². The molecule has 4 rings (SSSR count). The molecule has 5 nitrogen and oxygen atoms in total. The average Bonchev–Trinajstić information content (AvgIpc) is 2.96. The summed E-state index contributed by atoms with van der Waals surface area (Å²) in [6.07, 6.45) is 4.58. The van der Waals surface area contributed by atoms with Gasteiger partial charge in [0.1, 0.15) is 0 Å². The summed E-state index contributed by atoms with van der Waals surface area (Å²) in [5.41, 5.74) is 2.71. The van der Waals surface area contributed by atoms with Crippen LogP contribution in [0.25, 0.3) is 0 Å². The maximum absolute atomic E-state index is 12.7. The van der Waals surface area contributed by atoms with E-state index in [0.717, 1.165) is 29.8 Å². The molecule has 6 heteroatoms. The first-order valence-corrected chi connectivity index (χ1v) is 8.70. The highest BCUT2D eigenvalue weighted by atomic mass is 32.1. The van der Waals surface area contributed by atoms with Crippen molar-refractivity contribution >= 4 is 34.0 Å². The van der Waals surface area contributed by atoms with Gasteiger partial charge in [-0.2, -0.15) is 0 Å². The van der Waals surface area contributed by atoms with Crippen molar-refractivity contribution < 1.29 is 9.59 Å². The molecule has 0 fully saturated rings. The molecule has 0 unspecified atom stereocenters. The number of hydrogen-bond acceptors (Lipinski definition) is 4. The Kier molecular flexibility index (Phi) is 3.61. The number of fused-ring (bicyclic) bond motifs is 2. The molecule has 0 spiro atoms. The summed E-state index contributed by atoms with van der Waals surface area (Å²) in [5.74, 6) is -0.735. The van der Waals surface area contributed by atoms with Gasteiger partial charge in [-0.05, 0) is 37.3 Å². The highest BCUT2D eigenvalue weighted by molar-refractivity contribution is 7.15. The van der Waals surface area contributed by atoms with Crippen LogP contribution in [0.2, 0.25) is 0 Å². The normalized spacial score (nSPS) is 19.5. The molecule has 2 aliphatic rings. The van der Waals surface area contributed by atoms with E-state index in [4.69, 9.17) is 0 Å². The first-order chi connectivity index (χ1) is 11.2. The number of benzene rings is 1. The number of rotatable bonds is 2. The van der Waals surface area contributed by atoms with E-state index in [1.807, 2.05) is 24.3 Å². The molecule has 118 valence electrons. The number of aryl methyl sites for hydroxylation is 2. The molecule has 2 amide bonds. The Morgan fingerprint density at radius 2 is 2.09 bits per heavy atom. The first kappa shape index (κ1) is 14.4. The number of hydrogen-bond donors (Lipinski definition) is 2. The monoisotopic (exact) mass is 327 g/mol. The Labute approximate surface area is 138 Å². The largest absolute Gasteiger partial charge is 0.326 e. The first-order valence-electron chi connectivity index (χ1n) is 7.89. The summed E-state index contributed by atoms with van der Waals surface area (Å²) >= 11 is 1.57. The number of para-hydroxylation sites is 1. The van der Waals surface area contributed by atoms with Crippen LogP contribution in [0.3, 0.4) is 0 Å². The van der Waals surface area contributed by atoms with E-state index >= 15 is 0 Å². The Hall–Kier alpha value is -2.21. The molecule has 2 heterocycles. The van der Waals surface area contributed by atoms with E-state index in [1.54, 1.807) is 11.3 Å². The van der Waals surface area contributed by atoms with Gasteiger partial charge in [-0.1, -0.05) is 18.2 Å². The molecule has 23 heavy (non-hydrogen) atoms. The van der Waals surface area contributed by atoms with Crippen molar-refractivity contribution in [3.63, 3.8) is 0 Å². The lowest BCUT2D eigenvalue weighted by Crippen LogP contribution is -2.30. The lowest BCUT2D eigenvalue weighted by atomic mass is 9.90. The van der Waals surface area contributed by atoms with Crippen LogP contribution in [0.5, 0.6) is 0 Å². The minimum atomic E-state index is -0.458. The summed E-state index contributed by atoms with van der Waals surface area (Å²) in [4.78, 5) is 30.3. The third-order valence-corrected chi connectivity index (χ3v) is 5.46. The van der Waals surface area contributed by atoms with Crippen LogP contribution < -0.4 is 10.6 Å². The molecule has 0 saturated carbocycles. The fourth-order valence-corrected chi connectivity index (χ4v) is 4.30. The van der Waals surface area contributed by atoms with Crippen LogP contribution in [-0.4, -0.2) is 16.8 Å². The van der Waals surface area contributed by atoms with Crippen LogP contribution in [0.1, 0.15) is 41.3 Å². The highest BCUT2D eigenvalue weighted by Crippen LogP contribution is 2.34. The molecule has 0 radical (unpaired) electrons. The second-order valence-corrected chi connectivity index (χ2v) is 7.06. The third-order valence-electron chi connectivity index (χ3n) is 4.39. The quantitative estimate of drug-likeness (QED) is 0.890. The fraction of sp³-hybridized carbons (Fsp3) is 0.353. The van der Waals surface area contributed by atoms with Crippen LogP contribution in [0, 0.1) is 0 Å². The van der Waals surface area contributed by atoms with Crippen molar-refractivity contribution in [3.8, 4) is 0 Å². The van der Waals surface area contributed by atoms with Crippen LogP contribution >= 0.6 is 11.3 Å². The zero-order valence-electron chi connectivity index (χ0n) is 12.6. The number of amides is 2. The maximum atomic E-state index is 12.7. The summed E-state index contributed by atoms with van der Waals surface area (Å²) in [6.45, 7) is 0. The smallest absolute Gasteiger partial charge is 0.234 e. The van der Waals surface area contributed by atoms with Gasteiger partial charge in [0.2, 0.25) is 11.8 Å². The minimum Gasteiger partial charge on any atom is -0.326 e. The van der Waals surface area contributed by atoms with Gasteiger partial charge in [0.05, 0.1) is 11.6 Å². The van der Waals surface area contributed by atoms with Crippen LogP contribution in [0.15, 0.2) is 24.3 Å². The van der Waals surface area contributed by atoms with Crippen molar-refractivity contribution in [2.75, 3.05) is 10.6 Å². The second-order valence-electron chi connectivity index (χ2n) is 5.98. The number of anilines is 2. The lowest BCUT2D eigenvalue weighted by Gasteiger charge is -2.24. The van der Waals surface area contributed by atoms with Gasteiger partial charge in [-0.3, -0.25) is 9.59 Å². The Morgan fingerprint density at radius 1 is 1.26 bits per heavy atom. The van der Waals surface area contributed by atoms with E-state index in [2.05, 4.69) is 15.6 Å². The zero-order chi connectivity index (χ0) is 15.8. The van der Waals surface area contributed by atoms with E-state index in [9.17, 15) is 9.59 Å². The van der Waals surface area contributed by atoms with Gasteiger partial charge in [0.15, 0.2) is 5.13 Å². The zero-order valence-corrected chi connectivity index (χ0v) is 13.4. The standard InChI is InChI=1S/C17H17N3O2S/c21-15-9-11(10-5-1-2-6-12(10)18-15)16(22)20-17-19-13-7-3-4-8-14(13)23-17/h1-2,5-6,11H,3-4,7-9H2,(H,18,21)(H,19,20,22)/t11-/m0/s1. The molecule has 0 saturated heterocycles. The molecular weight excluding hydrogens is 310 g/mol. The van der Waals surface area contributed by atoms with Gasteiger partial charge in [-0.15, -0.1) is 11.3 Å². The average molecular weight is 327 g/mol. The predicted octanol–water partition coefficient (Wildman–Crippen LogP) is 3.09. The van der Waals surface area contributed by atoms with Gasteiger partial charge < -0.3 is 10.6 Å². The van der Waals surface area contributed by atoms with Crippen molar-refractivity contribution in [1.82, 2.24) is 4.98 Å². The van der Waals surface area contributed by atoms with Gasteiger partial charge in [-0.25, -0.2) is 4.98 Å². The van der Waals surface area contributed by atoms with Crippen LogP contribution in [0.4, 0.5) is 10.8 Å². The van der Waals surface area contributed by atoms with Crippen molar-refractivity contribution in [2.24, 2.45) is 0 Å². The number of carbonyl (C=O) groups excluding carboxylic acids is 2. The van der Waals surface area contributed by atoms with Gasteiger partial charge >= 0.3 is 0 Å². The Bertz CT molecular complexity index is 760. The molecule has 2 aromatic rings. The summed E-state index contributed by atoms with van der Waals surface area (Å²) in [7, 11) is 0. The van der Waals surface area contributed by atoms with Crippen molar-refractivity contribution in [1.29, 1.82) is 0 Å². The molecule has 1 aliphatic carbocycles. The van der Waals surface area contributed by atoms with E-state index in [-0.39, 0.29) is 18.2 Å². The predicted molar refractivity (Wildman–Crippen MR) is 89.8 cm³/mol. The molecule has 1 aromatic carbocycles. The van der Waals surface area contributed by atoms with Gasteiger partial charge in [0, 0.05) is 17.0 Å². The number of carbonyl (C=O) groups is 2. The molecule has 2 N–H and O–H groups in total. The minimum absolute atomic E-state index is 0.123. The third kappa shape index (κ3) is 2.74. The Morgan fingerprint density at radius 3 is 2.96 bits per heavy atom. The number of aromatic nitrogens is 1. The number of nitrogens with zero attached hydrogens (tertiary/aromatic N) is 1. The molecule has 1 atom stereocenters. The molecular formula is C17H17N3O2S. The Balaban J connectivity index is 1.57. The number of thiazole rings is 1.